The number of hydrogen-bond donors (Lipinski definition) is 1. The van der Waals surface area contributed by atoms with Gasteiger partial charge in [0.15, 0.2) is 5.75 Å². The van der Waals surface area contributed by atoms with Gasteiger partial charge in [-0.15, -0.1) is 0 Å². The molecular formula is C29H32ClN3O7S. The Hall–Kier alpha value is -3.72. The number of rotatable bonds is 16. The van der Waals surface area contributed by atoms with E-state index in [9.17, 15) is 18.5 Å². The number of aromatic nitrogens is 2. The molecule has 218 valence electrons. The van der Waals surface area contributed by atoms with E-state index in [1.165, 1.54) is 6.20 Å². The average Bonchev–Trinajstić information content (AvgIpc) is 2.93. The summed E-state index contributed by atoms with van der Waals surface area (Å²) in [7, 11) is -3.50. The molecule has 0 aliphatic rings. The molecule has 0 saturated carbocycles. The molecule has 0 aliphatic heterocycles. The van der Waals surface area contributed by atoms with Gasteiger partial charge in [0.05, 0.1) is 22.9 Å². The Morgan fingerprint density at radius 1 is 1.10 bits per heavy atom. The zero-order valence-corrected chi connectivity index (χ0v) is 24.4. The second kappa shape index (κ2) is 15.3. The van der Waals surface area contributed by atoms with Gasteiger partial charge in [-0.25, -0.2) is 23.2 Å². The van der Waals surface area contributed by atoms with Gasteiger partial charge in [-0.2, -0.15) is 5.26 Å². The van der Waals surface area contributed by atoms with Crippen LogP contribution in [0.1, 0.15) is 54.5 Å². The fourth-order valence-electron chi connectivity index (χ4n) is 3.97. The minimum atomic E-state index is -3.50. The molecule has 0 radical (unpaired) electrons. The summed E-state index contributed by atoms with van der Waals surface area (Å²) in [5, 5.41) is 18.4. The summed E-state index contributed by atoms with van der Waals surface area (Å²) >= 11 is 6.48. The van der Waals surface area contributed by atoms with Crippen LogP contribution in [-0.4, -0.2) is 55.5 Å². The molecule has 3 rings (SSSR count). The largest absolute Gasteiger partial charge is 0.491 e. The van der Waals surface area contributed by atoms with Gasteiger partial charge in [-0.3, -0.25) is 0 Å². The number of aliphatic carboxylic acids is 1. The van der Waals surface area contributed by atoms with Gasteiger partial charge in [0.25, 0.3) is 0 Å². The number of hydrogen-bond acceptors (Lipinski definition) is 9. The lowest BCUT2D eigenvalue weighted by atomic mass is 9.93. The molecule has 1 heterocycles. The van der Waals surface area contributed by atoms with Crippen molar-refractivity contribution in [2.24, 2.45) is 0 Å². The number of halogens is 1. The van der Waals surface area contributed by atoms with Crippen molar-refractivity contribution in [2.75, 3.05) is 26.1 Å². The van der Waals surface area contributed by atoms with Gasteiger partial charge in [-0.1, -0.05) is 30.7 Å². The molecule has 0 unspecified atom stereocenters. The predicted octanol–water partition coefficient (Wildman–Crippen LogP) is 4.98. The normalized spacial score (nSPS) is 12.0. The minimum Gasteiger partial charge on any atom is -0.491 e. The maximum absolute atomic E-state index is 11.7. The van der Waals surface area contributed by atoms with E-state index in [1.807, 2.05) is 30.3 Å². The quantitative estimate of drug-likeness (QED) is 0.176. The van der Waals surface area contributed by atoms with E-state index in [0.29, 0.717) is 53.8 Å². The number of unbranched alkanes of at least 4 members (excludes halogenated alkanes) is 2. The highest BCUT2D eigenvalue weighted by Gasteiger charge is 2.15. The first-order valence-corrected chi connectivity index (χ1v) is 15.2. The molecule has 1 atom stereocenters. The SMILES string of the molecule is C[C@H](Cc1cc(Cl)c(OCCCCCOCC(=O)O)c(C#N)c1)c1ccc(OCc2ccnc(S(C)(=O)=O)n2)cc1. The molecule has 3 aromatic rings. The summed E-state index contributed by atoms with van der Waals surface area (Å²) in [6.45, 7) is 2.63. The van der Waals surface area contributed by atoms with Gasteiger partial charge < -0.3 is 19.3 Å². The summed E-state index contributed by atoms with van der Waals surface area (Å²) in [6.07, 6.45) is 5.33. The summed E-state index contributed by atoms with van der Waals surface area (Å²) < 4.78 is 39.9. The molecular weight excluding hydrogens is 570 g/mol. The fraction of sp³-hybridized carbons (Fsp3) is 0.379. The first-order valence-electron chi connectivity index (χ1n) is 13.0. The second-order valence-corrected chi connectivity index (χ2v) is 11.8. The number of ether oxygens (including phenoxy) is 3. The standard InChI is InChI=1S/C29H32ClN3O7S/c1-20(22-6-8-25(9-7-22)40-18-24-10-11-32-29(33-24)41(2,36)37)14-21-15-23(17-31)28(26(30)16-21)39-13-5-3-4-12-38-19-27(34)35/h6-11,15-16,20H,3-5,12-14,18-19H2,1-2H3,(H,34,35)/t20-/m1/s1. The third-order valence-electron chi connectivity index (χ3n) is 6.03. The van der Waals surface area contributed by atoms with Crippen LogP contribution in [0.25, 0.3) is 0 Å². The Kier molecular flexibility index (Phi) is 11.9. The Labute approximate surface area is 244 Å². The highest BCUT2D eigenvalue weighted by atomic mass is 35.5. The number of carboxylic acid groups (broad SMARTS) is 1. The van der Waals surface area contributed by atoms with Crippen LogP contribution in [0.4, 0.5) is 0 Å². The first-order chi connectivity index (χ1) is 19.6. The summed E-state index contributed by atoms with van der Waals surface area (Å²) in [4.78, 5) is 18.2. The lowest BCUT2D eigenvalue weighted by Crippen LogP contribution is -2.08. The van der Waals surface area contributed by atoms with Gasteiger partial charge in [0.2, 0.25) is 15.0 Å². The molecule has 0 aliphatic carbocycles. The lowest BCUT2D eigenvalue weighted by molar-refractivity contribution is -0.142. The van der Waals surface area contributed by atoms with Crippen LogP contribution in [0.2, 0.25) is 5.02 Å². The van der Waals surface area contributed by atoms with E-state index in [1.54, 1.807) is 12.1 Å². The lowest BCUT2D eigenvalue weighted by Gasteiger charge is -2.16. The molecule has 0 spiro atoms. The fourth-order valence-corrected chi connectivity index (χ4v) is 4.80. The Morgan fingerprint density at radius 3 is 2.51 bits per heavy atom. The van der Waals surface area contributed by atoms with E-state index < -0.39 is 15.8 Å². The smallest absolute Gasteiger partial charge is 0.329 e. The van der Waals surface area contributed by atoms with Crippen LogP contribution in [0.5, 0.6) is 11.5 Å². The number of sulfone groups is 1. The number of nitrogens with zero attached hydrogens (tertiary/aromatic N) is 3. The number of carbonyl (C=O) groups is 1. The predicted molar refractivity (Wildman–Crippen MR) is 152 cm³/mol. The summed E-state index contributed by atoms with van der Waals surface area (Å²) in [6, 6.07) is 15.0. The van der Waals surface area contributed by atoms with E-state index in [4.69, 9.17) is 30.9 Å². The highest BCUT2D eigenvalue weighted by Crippen LogP contribution is 2.32. The number of nitriles is 1. The van der Waals surface area contributed by atoms with Crippen LogP contribution in [0.15, 0.2) is 53.8 Å². The Bertz CT molecular complexity index is 1470. The van der Waals surface area contributed by atoms with Crippen molar-refractivity contribution in [3.63, 3.8) is 0 Å². The molecule has 0 bridgehead atoms. The Morgan fingerprint density at radius 2 is 1.83 bits per heavy atom. The highest BCUT2D eigenvalue weighted by molar-refractivity contribution is 7.90. The van der Waals surface area contributed by atoms with Crippen LogP contribution in [0, 0.1) is 11.3 Å². The molecule has 10 nitrogen and oxygen atoms in total. The van der Waals surface area contributed by atoms with E-state index in [0.717, 1.165) is 30.2 Å². The van der Waals surface area contributed by atoms with Gasteiger partial charge in [-0.05, 0) is 73.1 Å². The van der Waals surface area contributed by atoms with E-state index >= 15 is 0 Å². The van der Waals surface area contributed by atoms with Crippen LogP contribution in [-0.2, 0) is 32.4 Å². The van der Waals surface area contributed by atoms with Crippen molar-refractivity contribution in [1.82, 2.24) is 9.97 Å². The van der Waals surface area contributed by atoms with Crippen molar-refractivity contribution < 1.29 is 32.5 Å². The second-order valence-electron chi connectivity index (χ2n) is 9.49. The summed E-state index contributed by atoms with van der Waals surface area (Å²) in [5.41, 5.74) is 2.81. The third kappa shape index (κ3) is 10.3. The van der Waals surface area contributed by atoms with Crippen LogP contribution >= 0.6 is 11.6 Å². The third-order valence-corrected chi connectivity index (χ3v) is 7.17. The zero-order chi connectivity index (χ0) is 29.8. The maximum atomic E-state index is 11.7. The maximum Gasteiger partial charge on any atom is 0.329 e. The van der Waals surface area contributed by atoms with Crippen molar-refractivity contribution in [3.8, 4) is 17.6 Å². The first kappa shape index (κ1) is 31.8. The average molecular weight is 602 g/mol. The zero-order valence-electron chi connectivity index (χ0n) is 22.9. The minimum absolute atomic E-state index is 0.102. The molecule has 1 aromatic heterocycles. The molecule has 0 fully saturated rings. The number of carboxylic acids is 1. The van der Waals surface area contributed by atoms with Crippen molar-refractivity contribution in [3.05, 3.63) is 76.1 Å². The summed E-state index contributed by atoms with van der Waals surface area (Å²) in [5.74, 6) is 0.115. The van der Waals surface area contributed by atoms with E-state index in [-0.39, 0.29) is 24.3 Å². The van der Waals surface area contributed by atoms with Crippen LogP contribution in [0.3, 0.4) is 0 Å². The van der Waals surface area contributed by atoms with E-state index in [2.05, 4.69) is 23.0 Å². The molecule has 12 heteroatoms. The molecule has 1 N–H and O–H groups in total. The molecule has 0 amide bonds. The molecule has 41 heavy (non-hydrogen) atoms. The van der Waals surface area contributed by atoms with Crippen molar-refractivity contribution in [2.45, 2.75) is 50.3 Å². The number of benzene rings is 2. The van der Waals surface area contributed by atoms with Crippen LogP contribution < -0.4 is 9.47 Å². The molecule has 0 saturated heterocycles. The van der Waals surface area contributed by atoms with Gasteiger partial charge >= 0.3 is 5.97 Å². The van der Waals surface area contributed by atoms with Gasteiger partial charge in [0, 0.05) is 19.1 Å². The van der Waals surface area contributed by atoms with Crippen molar-refractivity contribution >= 4 is 27.4 Å². The van der Waals surface area contributed by atoms with Gasteiger partial charge in [0.1, 0.15) is 25.0 Å². The monoisotopic (exact) mass is 601 g/mol. The molecule has 2 aromatic carbocycles. The Balaban J connectivity index is 1.52. The topological polar surface area (TPSA) is 149 Å². The van der Waals surface area contributed by atoms with Crippen molar-refractivity contribution in [1.29, 1.82) is 5.26 Å².